The molecule has 8 rings (SSSR count). The van der Waals surface area contributed by atoms with E-state index in [9.17, 15) is 18.4 Å². The fraction of sp³-hybridized carbons (Fsp3) is 0.154. The topological polar surface area (TPSA) is 134 Å². The minimum atomic E-state index is -2.58. The Labute approximate surface area is 297 Å². The zero-order valence-corrected chi connectivity index (χ0v) is 27.9. The van der Waals surface area contributed by atoms with Crippen LogP contribution < -0.4 is 5.32 Å². The van der Waals surface area contributed by atoms with Crippen LogP contribution in [0.1, 0.15) is 37.4 Å². The van der Waals surface area contributed by atoms with Crippen molar-refractivity contribution in [2.45, 2.75) is 25.6 Å². The van der Waals surface area contributed by atoms with Gasteiger partial charge in [0.1, 0.15) is 5.65 Å². The van der Waals surface area contributed by atoms with Gasteiger partial charge < -0.3 is 15.4 Å². The van der Waals surface area contributed by atoms with Gasteiger partial charge in [-0.25, -0.2) is 18.6 Å². The highest BCUT2D eigenvalue weighted by atomic mass is 19.3. The van der Waals surface area contributed by atoms with Gasteiger partial charge in [0.15, 0.2) is 0 Å². The highest BCUT2D eigenvalue weighted by molar-refractivity contribution is 6.08. The van der Waals surface area contributed by atoms with Crippen LogP contribution in [0.3, 0.4) is 0 Å². The average molecular weight is 701 g/mol. The fourth-order valence-corrected chi connectivity index (χ4v) is 5.96. The van der Waals surface area contributed by atoms with E-state index in [1.54, 1.807) is 39.1 Å². The SMILES string of the molecule is O=C(Nc1c[nH]c2ncc(-c3cccc(CN4CC(F)(F)C4)c3)cc12)c1cnn(Cc2ccccc2)c1.O=C(O)c1cnn(Cc2ccccc2)c1. The fourth-order valence-electron chi connectivity index (χ4n) is 5.96. The molecular formula is C39H34F2N8O3. The maximum atomic E-state index is 13.2. The minimum Gasteiger partial charge on any atom is -0.478 e. The predicted molar refractivity (Wildman–Crippen MR) is 192 cm³/mol. The Kier molecular flexibility index (Phi) is 9.67. The molecule has 1 fully saturated rings. The molecule has 52 heavy (non-hydrogen) atoms. The first-order valence-corrected chi connectivity index (χ1v) is 16.5. The summed E-state index contributed by atoms with van der Waals surface area (Å²) in [6.07, 6.45) is 9.63. The van der Waals surface area contributed by atoms with Crippen molar-refractivity contribution in [1.29, 1.82) is 0 Å². The lowest BCUT2D eigenvalue weighted by atomic mass is 10.0. The Morgan fingerprint density at radius 3 is 1.98 bits per heavy atom. The number of H-pyrrole nitrogens is 1. The Hall–Kier alpha value is -6.47. The van der Waals surface area contributed by atoms with Crippen LogP contribution in [0.5, 0.6) is 0 Å². The zero-order chi connectivity index (χ0) is 36.1. The van der Waals surface area contributed by atoms with Crippen molar-refractivity contribution in [2.75, 3.05) is 18.4 Å². The molecule has 13 heteroatoms. The lowest BCUT2D eigenvalue weighted by molar-refractivity contribution is -0.133. The first kappa shape index (κ1) is 34.0. The molecule has 5 heterocycles. The van der Waals surface area contributed by atoms with E-state index in [2.05, 4.69) is 25.5 Å². The number of amides is 1. The molecule has 1 amide bonds. The van der Waals surface area contributed by atoms with Gasteiger partial charge >= 0.3 is 5.97 Å². The molecule has 0 radical (unpaired) electrons. The first-order chi connectivity index (χ1) is 25.2. The summed E-state index contributed by atoms with van der Waals surface area (Å²) in [7, 11) is 0. The van der Waals surface area contributed by atoms with Gasteiger partial charge in [0, 0.05) is 42.3 Å². The Bertz CT molecular complexity index is 2310. The second-order valence-electron chi connectivity index (χ2n) is 12.6. The lowest BCUT2D eigenvalue weighted by Crippen LogP contribution is -2.55. The summed E-state index contributed by atoms with van der Waals surface area (Å²) in [4.78, 5) is 32.9. The number of carboxylic acids is 1. The van der Waals surface area contributed by atoms with E-state index in [0.717, 1.165) is 33.2 Å². The van der Waals surface area contributed by atoms with Crippen molar-refractivity contribution < 1.29 is 23.5 Å². The molecule has 3 aromatic carbocycles. The second-order valence-corrected chi connectivity index (χ2v) is 12.6. The number of likely N-dealkylation sites (tertiary alicyclic amines) is 1. The van der Waals surface area contributed by atoms with Gasteiger partial charge in [-0.2, -0.15) is 10.2 Å². The van der Waals surface area contributed by atoms with Crippen molar-refractivity contribution in [3.8, 4) is 11.1 Å². The molecule has 1 aliphatic rings. The van der Waals surface area contributed by atoms with E-state index in [4.69, 9.17) is 5.11 Å². The summed E-state index contributed by atoms with van der Waals surface area (Å²) >= 11 is 0. The molecule has 11 nitrogen and oxygen atoms in total. The van der Waals surface area contributed by atoms with E-state index in [-0.39, 0.29) is 24.6 Å². The Balaban J connectivity index is 0.000000234. The number of alkyl halides is 2. The number of aromatic nitrogens is 6. The van der Waals surface area contributed by atoms with Gasteiger partial charge in [0.25, 0.3) is 11.8 Å². The van der Waals surface area contributed by atoms with Crippen LogP contribution in [0.15, 0.2) is 128 Å². The number of pyridine rings is 1. The van der Waals surface area contributed by atoms with Crippen LogP contribution in [0.2, 0.25) is 0 Å². The van der Waals surface area contributed by atoms with Crippen LogP contribution in [-0.4, -0.2) is 70.4 Å². The summed E-state index contributed by atoms with van der Waals surface area (Å²) < 4.78 is 29.7. The van der Waals surface area contributed by atoms with E-state index >= 15 is 0 Å². The number of carbonyl (C=O) groups is 2. The molecule has 0 atom stereocenters. The predicted octanol–water partition coefficient (Wildman–Crippen LogP) is 6.81. The third-order valence-electron chi connectivity index (χ3n) is 8.51. The number of benzene rings is 3. The summed E-state index contributed by atoms with van der Waals surface area (Å²) in [6, 6.07) is 29.5. The number of hydrogen-bond acceptors (Lipinski definition) is 6. The minimum absolute atomic E-state index is 0.206. The van der Waals surface area contributed by atoms with E-state index in [1.165, 1.54) is 12.4 Å². The third kappa shape index (κ3) is 8.28. The number of aromatic amines is 1. The summed E-state index contributed by atoms with van der Waals surface area (Å²) in [6.45, 7) is 1.23. The van der Waals surface area contributed by atoms with E-state index in [1.807, 2.05) is 91.0 Å². The quantitative estimate of drug-likeness (QED) is 0.143. The normalized spacial score (nSPS) is 13.6. The average Bonchev–Trinajstić information content (AvgIpc) is 3.90. The molecule has 1 saturated heterocycles. The number of nitrogens with one attached hydrogen (secondary N) is 2. The third-order valence-corrected chi connectivity index (χ3v) is 8.51. The van der Waals surface area contributed by atoms with Crippen molar-refractivity contribution in [3.63, 3.8) is 0 Å². The number of anilines is 1. The van der Waals surface area contributed by atoms with Gasteiger partial charge in [-0.1, -0.05) is 78.9 Å². The van der Waals surface area contributed by atoms with E-state index < -0.39 is 11.9 Å². The number of carboxylic acid groups (broad SMARTS) is 1. The van der Waals surface area contributed by atoms with Crippen molar-refractivity contribution >= 4 is 28.6 Å². The Morgan fingerprint density at radius 1 is 0.750 bits per heavy atom. The van der Waals surface area contributed by atoms with Crippen LogP contribution in [0.4, 0.5) is 14.5 Å². The molecule has 3 N–H and O–H groups in total. The van der Waals surface area contributed by atoms with E-state index in [0.29, 0.717) is 36.5 Å². The first-order valence-electron chi connectivity index (χ1n) is 16.5. The number of carbonyl (C=O) groups excluding carboxylic acids is 1. The molecule has 1 aliphatic heterocycles. The van der Waals surface area contributed by atoms with Crippen molar-refractivity contribution in [1.82, 2.24) is 34.4 Å². The van der Waals surface area contributed by atoms with Gasteiger partial charge in [0.2, 0.25) is 0 Å². The van der Waals surface area contributed by atoms with Crippen molar-refractivity contribution in [2.24, 2.45) is 0 Å². The van der Waals surface area contributed by atoms with Gasteiger partial charge in [0.05, 0.1) is 55.4 Å². The second kappa shape index (κ2) is 14.8. The standard InChI is InChI=1S/C28H24F2N6O.C11H10N2O2/c29-28(30)17-35(18-28)14-20-7-4-8-21(9-20)22-10-24-25(13-32-26(24)31-11-22)34-27(37)23-12-33-36(16-23)15-19-5-2-1-3-6-19;14-11(15)10-6-12-13(8-10)7-9-4-2-1-3-5-9/h1-13,16H,14-15,17-18H2,(H,31,32)(H,34,37);1-6,8H,7H2,(H,14,15). The maximum absolute atomic E-state index is 13.2. The van der Waals surface area contributed by atoms with Crippen LogP contribution in [-0.2, 0) is 19.6 Å². The summed E-state index contributed by atoms with van der Waals surface area (Å²) in [5, 5.41) is 20.7. The van der Waals surface area contributed by atoms with Crippen LogP contribution >= 0.6 is 0 Å². The molecule has 7 aromatic rings. The smallest absolute Gasteiger partial charge is 0.338 e. The number of fused-ring (bicyclic) bond motifs is 1. The maximum Gasteiger partial charge on any atom is 0.338 e. The lowest BCUT2D eigenvalue weighted by Gasteiger charge is -2.38. The number of hydrogen-bond donors (Lipinski definition) is 3. The number of halogens is 2. The van der Waals surface area contributed by atoms with Gasteiger partial charge in [-0.05, 0) is 34.4 Å². The molecule has 0 saturated carbocycles. The largest absolute Gasteiger partial charge is 0.478 e. The molecule has 262 valence electrons. The zero-order valence-electron chi connectivity index (χ0n) is 27.9. The Morgan fingerprint density at radius 2 is 1.37 bits per heavy atom. The summed E-state index contributed by atoms with van der Waals surface area (Å²) in [5.74, 6) is -3.80. The monoisotopic (exact) mass is 700 g/mol. The molecule has 0 spiro atoms. The van der Waals surface area contributed by atoms with Crippen LogP contribution in [0.25, 0.3) is 22.2 Å². The van der Waals surface area contributed by atoms with Gasteiger partial charge in [-0.3, -0.25) is 19.1 Å². The number of rotatable bonds is 10. The number of aromatic carboxylic acids is 1. The van der Waals surface area contributed by atoms with Crippen molar-refractivity contribution in [3.05, 3.63) is 156 Å². The van der Waals surface area contributed by atoms with Crippen LogP contribution in [0, 0.1) is 0 Å². The molecule has 4 aromatic heterocycles. The highest BCUT2D eigenvalue weighted by Gasteiger charge is 2.43. The summed E-state index contributed by atoms with van der Waals surface area (Å²) in [5.41, 5.74) is 6.89. The molecule has 0 aliphatic carbocycles. The molecular weight excluding hydrogens is 666 g/mol. The highest BCUT2D eigenvalue weighted by Crippen LogP contribution is 2.31. The molecule has 0 bridgehead atoms. The molecule has 0 unspecified atom stereocenters. The van der Waals surface area contributed by atoms with Gasteiger partial charge in [-0.15, -0.1) is 0 Å². The number of nitrogens with zero attached hydrogens (tertiary/aromatic N) is 6.